The highest BCUT2D eigenvalue weighted by Gasteiger charge is 2.17. The van der Waals surface area contributed by atoms with Crippen LogP contribution in [0.25, 0.3) is 0 Å². The van der Waals surface area contributed by atoms with Crippen LogP contribution in [0.5, 0.6) is 5.75 Å². The Kier molecular flexibility index (Phi) is 4.77. The Morgan fingerprint density at radius 2 is 1.89 bits per heavy atom. The van der Waals surface area contributed by atoms with Crippen LogP contribution in [0, 0.1) is 13.8 Å². The minimum absolute atomic E-state index is 0.628. The number of hydrogen-bond acceptors (Lipinski definition) is 3. The van der Waals surface area contributed by atoms with Crippen molar-refractivity contribution in [3.8, 4) is 5.75 Å². The molecule has 0 saturated heterocycles. The third-order valence-corrected chi connectivity index (χ3v) is 2.88. The molecule has 1 aromatic carbocycles. The van der Waals surface area contributed by atoms with Gasteiger partial charge in [0.25, 0.3) is 0 Å². The van der Waals surface area contributed by atoms with Crippen LogP contribution in [0.2, 0.25) is 0 Å². The molecule has 3 nitrogen and oxygen atoms in total. The fourth-order valence-electron chi connectivity index (χ4n) is 2.33. The second-order valence-electron chi connectivity index (χ2n) is 5.75. The molecule has 0 spiro atoms. The lowest BCUT2D eigenvalue weighted by Crippen LogP contribution is -2.36. The number of nitrogens with zero attached hydrogens (tertiary/aromatic N) is 1. The van der Waals surface area contributed by atoms with E-state index >= 15 is 0 Å². The summed E-state index contributed by atoms with van der Waals surface area (Å²) in [5.41, 5.74) is 2.95. The Morgan fingerprint density at radius 3 is 2.39 bits per heavy atom. The average Bonchev–Trinajstić information content (AvgIpc) is 2.18. The zero-order valence-electron chi connectivity index (χ0n) is 12.4. The Bertz CT molecular complexity index is 408. The number of aryl methyl sites for hydroxylation is 2. The van der Waals surface area contributed by atoms with Crippen LogP contribution in [-0.2, 0) is 6.54 Å². The van der Waals surface area contributed by atoms with Crippen LogP contribution in [0.15, 0.2) is 12.1 Å². The standard InChI is InChI=1S/C15H25NO2/c1-11-7-12(2)13(14(8-11)18-6)9-16(5)10-15(3,4)17/h7-8,17H,9-10H2,1-6H3. The van der Waals surface area contributed by atoms with Crippen molar-refractivity contribution in [3.05, 3.63) is 28.8 Å². The summed E-state index contributed by atoms with van der Waals surface area (Å²) < 4.78 is 5.45. The van der Waals surface area contributed by atoms with E-state index in [1.54, 1.807) is 7.11 Å². The molecule has 0 saturated carbocycles. The SMILES string of the molecule is COc1cc(C)cc(C)c1CN(C)CC(C)(C)O. The molecule has 0 aliphatic heterocycles. The molecule has 0 aliphatic carbocycles. The fraction of sp³-hybridized carbons (Fsp3) is 0.600. The van der Waals surface area contributed by atoms with Crippen molar-refractivity contribution in [2.45, 2.75) is 39.8 Å². The van der Waals surface area contributed by atoms with Gasteiger partial charge in [-0.15, -0.1) is 0 Å². The maximum Gasteiger partial charge on any atom is 0.123 e. The van der Waals surface area contributed by atoms with E-state index in [0.717, 1.165) is 12.3 Å². The molecule has 0 radical (unpaired) electrons. The van der Waals surface area contributed by atoms with Crippen LogP contribution in [0.4, 0.5) is 0 Å². The lowest BCUT2D eigenvalue weighted by atomic mass is 10.0. The molecule has 1 rings (SSSR count). The monoisotopic (exact) mass is 251 g/mol. The van der Waals surface area contributed by atoms with E-state index in [9.17, 15) is 5.11 Å². The van der Waals surface area contributed by atoms with E-state index in [1.807, 2.05) is 20.9 Å². The zero-order chi connectivity index (χ0) is 13.9. The third kappa shape index (κ3) is 4.31. The molecule has 0 atom stereocenters. The summed E-state index contributed by atoms with van der Waals surface area (Å²) in [6, 6.07) is 4.22. The van der Waals surface area contributed by atoms with Gasteiger partial charge in [-0.25, -0.2) is 0 Å². The van der Waals surface area contributed by atoms with Crippen LogP contribution in [0.3, 0.4) is 0 Å². The highest BCUT2D eigenvalue weighted by molar-refractivity contribution is 5.42. The Balaban J connectivity index is 2.90. The first-order valence-corrected chi connectivity index (χ1v) is 6.28. The predicted octanol–water partition coefficient (Wildman–Crippen LogP) is 2.51. The second-order valence-corrected chi connectivity index (χ2v) is 5.75. The number of methoxy groups -OCH3 is 1. The number of benzene rings is 1. The fourth-order valence-corrected chi connectivity index (χ4v) is 2.33. The van der Waals surface area contributed by atoms with Gasteiger partial charge in [0, 0.05) is 18.7 Å². The summed E-state index contributed by atoms with van der Waals surface area (Å²) in [6.07, 6.45) is 0. The highest BCUT2D eigenvalue weighted by Crippen LogP contribution is 2.25. The van der Waals surface area contributed by atoms with E-state index in [4.69, 9.17) is 4.74 Å². The van der Waals surface area contributed by atoms with E-state index in [-0.39, 0.29) is 0 Å². The predicted molar refractivity (Wildman–Crippen MR) is 75.1 cm³/mol. The van der Waals surface area contributed by atoms with Crippen molar-refractivity contribution >= 4 is 0 Å². The van der Waals surface area contributed by atoms with E-state index in [1.165, 1.54) is 16.7 Å². The summed E-state index contributed by atoms with van der Waals surface area (Å²) in [5, 5.41) is 9.83. The van der Waals surface area contributed by atoms with Crippen molar-refractivity contribution in [2.75, 3.05) is 20.7 Å². The first kappa shape index (κ1) is 15.0. The van der Waals surface area contributed by atoms with Gasteiger partial charge >= 0.3 is 0 Å². The van der Waals surface area contributed by atoms with Crippen LogP contribution in [0.1, 0.15) is 30.5 Å². The van der Waals surface area contributed by atoms with E-state index < -0.39 is 5.60 Å². The first-order valence-electron chi connectivity index (χ1n) is 6.28. The molecule has 0 fully saturated rings. The van der Waals surface area contributed by atoms with Crippen molar-refractivity contribution < 1.29 is 9.84 Å². The lowest BCUT2D eigenvalue weighted by molar-refractivity contribution is 0.0422. The summed E-state index contributed by atoms with van der Waals surface area (Å²) in [5.74, 6) is 0.926. The molecular weight excluding hydrogens is 226 g/mol. The van der Waals surface area contributed by atoms with Gasteiger partial charge < -0.3 is 9.84 Å². The topological polar surface area (TPSA) is 32.7 Å². The molecule has 0 aliphatic rings. The largest absolute Gasteiger partial charge is 0.496 e. The summed E-state index contributed by atoms with van der Waals surface area (Å²) in [4.78, 5) is 2.11. The normalized spacial score (nSPS) is 12.0. The third-order valence-electron chi connectivity index (χ3n) is 2.88. The highest BCUT2D eigenvalue weighted by atomic mass is 16.5. The van der Waals surface area contributed by atoms with Crippen molar-refractivity contribution in [2.24, 2.45) is 0 Å². The van der Waals surface area contributed by atoms with Gasteiger partial charge in [0.15, 0.2) is 0 Å². The number of aliphatic hydroxyl groups is 1. The van der Waals surface area contributed by atoms with Crippen LogP contribution >= 0.6 is 0 Å². The molecule has 0 bridgehead atoms. The number of likely N-dealkylation sites (N-methyl/N-ethyl adjacent to an activating group) is 1. The van der Waals surface area contributed by atoms with Gasteiger partial charge in [-0.2, -0.15) is 0 Å². The van der Waals surface area contributed by atoms with Crippen molar-refractivity contribution in [1.82, 2.24) is 4.90 Å². The minimum Gasteiger partial charge on any atom is -0.496 e. The minimum atomic E-state index is -0.680. The van der Waals surface area contributed by atoms with Gasteiger partial charge in [0.05, 0.1) is 12.7 Å². The first-order chi connectivity index (χ1) is 8.23. The quantitative estimate of drug-likeness (QED) is 0.873. The molecule has 0 heterocycles. The Hall–Kier alpha value is -1.06. The van der Waals surface area contributed by atoms with E-state index in [0.29, 0.717) is 6.54 Å². The Labute approximate surface area is 110 Å². The number of hydrogen-bond donors (Lipinski definition) is 1. The summed E-state index contributed by atoms with van der Waals surface area (Å²) in [6.45, 7) is 9.22. The molecule has 3 heteroatoms. The van der Waals surface area contributed by atoms with Gasteiger partial charge in [-0.1, -0.05) is 6.07 Å². The van der Waals surface area contributed by atoms with Gasteiger partial charge in [0.1, 0.15) is 5.75 Å². The molecule has 102 valence electrons. The molecule has 0 unspecified atom stereocenters. The van der Waals surface area contributed by atoms with Gasteiger partial charge in [-0.3, -0.25) is 4.90 Å². The lowest BCUT2D eigenvalue weighted by Gasteiger charge is -2.26. The summed E-state index contributed by atoms with van der Waals surface area (Å²) in [7, 11) is 3.71. The van der Waals surface area contributed by atoms with E-state index in [2.05, 4.69) is 30.9 Å². The summed E-state index contributed by atoms with van der Waals surface area (Å²) >= 11 is 0. The maximum atomic E-state index is 9.83. The smallest absolute Gasteiger partial charge is 0.123 e. The molecule has 18 heavy (non-hydrogen) atoms. The van der Waals surface area contributed by atoms with Crippen molar-refractivity contribution in [3.63, 3.8) is 0 Å². The van der Waals surface area contributed by atoms with Crippen molar-refractivity contribution in [1.29, 1.82) is 0 Å². The molecular formula is C15H25NO2. The number of rotatable bonds is 5. The van der Waals surface area contributed by atoms with Gasteiger partial charge in [-0.05, 0) is 51.9 Å². The number of ether oxygens (including phenoxy) is 1. The zero-order valence-corrected chi connectivity index (χ0v) is 12.4. The van der Waals surface area contributed by atoms with Crippen LogP contribution < -0.4 is 4.74 Å². The average molecular weight is 251 g/mol. The molecule has 0 aromatic heterocycles. The molecule has 1 N–H and O–H groups in total. The molecule has 1 aromatic rings. The van der Waals surface area contributed by atoms with Crippen LogP contribution in [-0.4, -0.2) is 36.3 Å². The maximum absolute atomic E-state index is 9.83. The van der Waals surface area contributed by atoms with Gasteiger partial charge in [0.2, 0.25) is 0 Å². The second kappa shape index (κ2) is 5.72. The molecule has 0 amide bonds. The Morgan fingerprint density at radius 1 is 1.28 bits per heavy atom.